The highest BCUT2D eigenvalue weighted by Crippen LogP contribution is 2.33. The largest absolute Gasteiger partial charge is 0.469 e. The highest BCUT2D eigenvalue weighted by molar-refractivity contribution is 6.00. The van der Waals surface area contributed by atoms with Gasteiger partial charge in [-0.1, -0.05) is 12.1 Å². The Morgan fingerprint density at radius 1 is 1.17 bits per heavy atom. The second-order valence-corrected chi connectivity index (χ2v) is 7.79. The smallest absolute Gasteiger partial charge is 0.329 e. The summed E-state index contributed by atoms with van der Waals surface area (Å²) in [6, 6.07) is 5.11. The zero-order valence-corrected chi connectivity index (χ0v) is 17.1. The molecule has 1 N–H and O–H groups in total. The number of carbonyl (C=O) groups excluding carboxylic acids is 3. The van der Waals surface area contributed by atoms with E-state index in [4.69, 9.17) is 4.74 Å². The molecule has 0 spiro atoms. The molecular formula is C22H25N3O5. The second-order valence-electron chi connectivity index (χ2n) is 7.79. The molecule has 4 rings (SSSR count). The minimum absolute atomic E-state index is 0.107. The predicted molar refractivity (Wildman–Crippen MR) is 111 cm³/mol. The molecule has 2 amide bonds. The van der Waals surface area contributed by atoms with Crippen molar-refractivity contribution in [2.24, 2.45) is 5.92 Å². The fourth-order valence-electron chi connectivity index (χ4n) is 4.49. The van der Waals surface area contributed by atoms with Crippen molar-refractivity contribution >= 4 is 34.4 Å². The average Bonchev–Trinajstić information content (AvgIpc) is 3.03. The van der Waals surface area contributed by atoms with Crippen LogP contribution in [0.25, 0.3) is 16.6 Å². The van der Waals surface area contributed by atoms with E-state index in [0.29, 0.717) is 24.9 Å². The summed E-state index contributed by atoms with van der Waals surface area (Å²) in [5.74, 6) is -1.02. The molecule has 2 atom stereocenters. The molecule has 0 radical (unpaired) electrons. The third kappa shape index (κ3) is 3.36. The van der Waals surface area contributed by atoms with Gasteiger partial charge in [-0.3, -0.25) is 28.8 Å². The van der Waals surface area contributed by atoms with Gasteiger partial charge in [0.1, 0.15) is 6.04 Å². The molecule has 1 aromatic heterocycles. The van der Waals surface area contributed by atoms with Crippen molar-refractivity contribution in [2.45, 2.75) is 51.6 Å². The number of esters is 1. The number of nitrogens with zero attached hydrogens (tertiary/aromatic N) is 2. The van der Waals surface area contributed by atoms with Crippen LogP contribution < -0.4 is 11.0 Å². The van der Waals surface area contributed by atoms with Crippen molar-refractivity contribution in [3.63, 3.8) is 0 Å². The molecule has 30 heavy (non-hydrogen) atoms. The summed E-state index contributed by atoms with van der Waals surface area (Å²) in [6.45, 7) is 2.37. The Morgan fingerprint density at radius 3 is 2.60 bits per heavy atom. The van der Waals surface area contributed by atoms with Crippen LogP contribution in [-0.4, -0.2) is 34.0 Å². The number of imidazole rings is 1. The number of fused-ring (bicyclic) bond motifs is 1. The summed E-state index contributed by atoms with van der Waals surface area (Å²) >= 11 is 0. The number of aryl methyl sites for hydroxylation is 1. The van der Waals surface area contributed by atoms with E-state index >= 15 is 0 Å². The first kappa shape index (κ1) is 20.1. The van der Waals surface area contributed by atoms with Crippen molar-refractivity contribution < 1.29 is 19.1 Å². The molecule has 0 saturated carbocycles. The minimum atomic E-state index is -0.689. The van der Waals surface area contributed by atoms with Crippen LogP contribution in [-0.2, 0) is 25.7 Å². The van der Waals surface area contributed by atoms with Crippen LogP contribution in [0.2, 0.25) is 0 Å². The summed E-state index contributed by atoms with van der Waals surface area (Å²) in [5, 5.41) is 2.33. The Balaban J connectivity index is 1.73. The second kappa shape index (κ2) is 7.93. The molecule has 2 unspecified atom stereocenters. The van der Waals surface area contributed by atoms with Crippen LogP contribution in [0.15, 0.2) is 29.1 Å². The molecule has 2 aliphatic rings. The van der Waals surface area contributed by atoms with Crippen LogP contribution in [0.5, 0.6) is 0 Å². The summed E-state index contributed by atoms with van der Waals surface area (Å²) in [5.41, 5.74) is 3.35. The SMILES string of the molecule is CCn1c(=O)n(C2CCC(=O)NC2=O)c2ccc(C3=CCC(C(=O)OC)CC3)cc21. The third-order valence-corrected chi connectivity index (χ3v) is 6.12. The zero-order valence-electron chi connectivity index (χ0n) is 17.1. The van der Waals surface area contributed by atoms with E-state index in [0.717, 1.165) is 29.5 Å². The van der Waals surface area contributed by atoms with Gasteiger partial charge in [-0.05, 0) is 55.9 Å². The monoisotopic (exact) mass is 411 g/mol. The van der Waals surface area contributed by atoms with E-state index in [9.17, 15) is 19.2 Å². The number of hydrogen-bond donors (Lipinski definition) is 1. The zero-order chi connectivity index (χ0) is 21.4. The number of rotatable bonds is 4. The maximum absolute atomic E-state index is 13.1. The molecule has 158 valence electrons. The Kier molecular flexibility index (Phi) is 5.32. The molecule has 1 aliphatic heterocycles. The number of amides is 2. The maximum Gasteiger partial charge on any atom is 0.329 e. The first-order valence-corrected chi connectivity index (χ1v) is 10.3. The van der Waals surface area contributed by atoms with Gasteiger partial charge in [0.2, 0.25) is 11.8 Å². The van der Waals surface area contributed by atoms with Gasteiger partial charge in [0, 0.05) is 13.0 Å². The number of methoxy groups -OCH3 is 1. The van der Waals surface area contributed by atoms with Gasteiger partial charge < -0.3 is 4.74 Å². The van der Waals surface area contributed by atoms with E-state index in [1.54, 1.807) is 4.57 Å². The Hall–Kier alpha value is -3.16. The molecule has 8 heteroatoms. The van der Waals surface area contributed by atoms with Crippen molar-refractivity contribution in [3.05, 3.63) is 40.3 Å². The van der Waals surface area contributed by atoms with Crippen LogP contribution in [0.4, 0.5) is 0 Å². The third-order valence-electron chi connectivity index (χ3n) is 6.12. The van der Waals surface area contributed by atoms with Crippen LogP contribution in [0.1, 0.15) is 50.6 Å². The lowest BCUT2D eigenvalue weighted by Crippen LogP contribution is -2.44. The van der Waals surface area contributed by atoms with Crippen LogP contribution in [0.3, 0.4) is 0 Å². The van der Waals surface area contributed by atoms with Gasteiger partial charge in [-0.2, -0.15) is 0 Å². The molecule has 1 aromatic carbocycles. The summed E-state index contributed by atoms with van der Waals surface area (Å²) < 4.78 is 8.01. The first-order chi connectivity index (χ1) is 14.4. The van der Waals surface area contributed by atoms with E-state index in [1.807, 2.05) is 25.1 Å². The summed E-state index contributed by atoms with van der Waals surface area (Å²) in [4.78, 5) is 48.7. The fourth-order valence-corrected chi connectivity index (χ4v) is 4.49. The number of allylic oxidation sites excluding steroid dienone is 2. The highest BCUT2D eigenvalue weighted by Gasteiger charge is 2.31. The fraction of sp³-hybridized carbons (Fsp3) is 0.455. The van der Waals surface area contributed by atoms with E-state index in [2.05, 4.69) is 11.4 Å². The van der Waals surface area contributed by atoms with Gasteiger partial charge in [-0.25, -0.2) is 4.79 Å². The number of ether oxygens (including phenoxy) is 1. The lowest BCUT2D eigenvalue weighted by molar-refractivity contribution is -0.145. The molecule has 1 fully saturated rings. The molecule has 8 nitrogen and oxygen atoms in total. The van der Waals surface area contributed by atoms with Gasteiger partial charge in [-0.15, -0.1) is 0 Å². The topological polar surface area (TPSA) is 99.4 Å². The average molecular weight is 411 g/mol. The number of aromatic nitrogens is 2. The standard InChI is InChI=1S/C22H25N3O5/c1-3-24-18-12-15(13-4-6-14(7-5-13)21(28)30-2)8-9-16(18)25(22(24)29)17-10-11-19(26)23-20(17)27/h4,8-9,12,14,17H,3,5-7,10-11H2,1-2H3,(H,23,26,27). The van der Waals surface area contributed by atoms with Crippen molar-refractivity contribution in [1.82, 2.24) is 14.5 Å². The van der Waals surface area contributed by atoms with Crippen molar-refractivity contribution in [2.75, 3.05) is 7.11 Å². The number of benzene rings is 1. The van der Waals surface area contributed by atoms with Crippen molar-refractivity contribution in [1.29, 1.82) is 0 Å². The predicted octanol–water partition coefficient (Wildman–Crippen LogP) is 2.16. The van der Waals surface area contributed by atoms with Crippen LogP contribution in [0, 0.1) is 5.92 Å². The molecule has 1 saturated heterocycles. The molecule has 2 heterocycles. The minimum Gasteiger partial charge on any atom is -0.469 e. The number of piperidine rings is 1. The number of hydrogen-bond acceptors (Lipinski definition) is 5. The Labute approximate surface area is 173 Å². The Bertz CT molecular complexity index is 1120. The summed E-state index contributed by atoms with van der Waals surface area (Å²) in [7, 11) is 1.41. The van der Waals surface area contributed by atoms with E-state index in [-0.39, 0.29) is 29.9 Å². The van der Waals surface area contributed by atoms with Gasteiger partial charge in [0.05, 0.1) is 24.1 Å². The first-order valence-electron chi connectivity index (χ1n) is 10.3. The molecule has 1 aliphatic carbocycles. The van der Waals surface area contributed by atoms with Gasteiger partial charge in [0.15, 0.2) is 0 Å². The normalized spacial score (nSPS) is 22.0. The van der Waals surface area contributed by atoms with Crippen LogP contribution >= 0.6 is 0 Å². The number of imide groups is 1. The quantitative estimate of drug-likeness (QED) is 0.614. The Morgan fingerprint density at radius 2 is 1.97 bits per heavy atom. The summed E-state index contributed by atoms with van der Waals surface area (Å²) in [6.07, 6.45) is 4.73. The highest BCUT2D eigenvalue weighted by atomic mass is 16.5. The molecular weight excluding hydrogens is 386 g/mol. The van der Waals surface area contributed by atoms with E-state index < -0.39 is 11.9 Å². The van der Waals surface area contributed by atoms with E-state index in [1.165, 1.54) is 11.7 Å². The molecule has 0 bridgehead atoms. The lowest BCUT2D eigenvalue weighted by atomic mass is 9.86. The molecule has 2 aromatic rings. The maximum atomic E-state index is 13.1. The van der Waals surface area contributed by atoms with Gasteiger partial charge >= 0.3 is 11.7 Å². The number of carbonyl (C=O) groups is 3. The number of nitrogens with one attached hydrogen (secondary N) is 1. The van der Waals surface area contributed by atoms with Crippen molar-refractivity contribution in [3.8, 4) is 0 Å². The lowest BCUT2D eigenvalue weighted by Gasteiger charge is -2.22. The van der Waals surface area contributed by atoms with Gasteiger partial charge in [0.25, 0.3) is 0 Å².